The Morgan fingerprint density at radius 2 is 1.44 bits per heavy atom. The summed E-state index contributed by atoms with van der Waals surface area (Å²) in [6, 6.07) is 32.4. The first-order valence-electron chi connectivity index (χ1n) is 10.8. The molecule has 0 atom stereocenters. The molecule has 0 bridgehead atoms. The molecule has 0 saturated carbocycles. The topological polar surface area (TPSA) is 57.8 Å². The van der Waals surface area contributed by atoms with Crippen molar-refractivity contribution in [2.75, 3.05) is 5.32 Å². The molecule has 158 valence electrons. The van der Waals surface area contributed by atoms with E-state index in [9.17, 15) is 10.1 Å². The molecular formula is C28H25N3O. The molecule has 4 heteroatoms. The Hall–Kier alpha value is -4.10. The molecule has 0 saturated heterocycles. The second-order valence-electron chi connectivity index (χ2n) is 7.66. The molecule has 1 heterocycles. The molecule has 0 fully saturated rings. The van der Waals surface area contributed by atoms with Crippen LogP contribution in [0.3, 0.4) is 0 Å². The second kappa shape index (κ2) is 9.80. The number of carbonyl (C=O) groups is 1. The van der Waals surface area contributed by atoms with E-state index in [1.165, 1.54) is 0 Å². The Kier molecular flexibility index (Phi) is 6.48. The molecule has 0 aliphatic rings. The molecule has 0 unspecified atom stereocenters. The van der Waals surface area contributed by atoms with Crippen LogP contribution < -0.4 is 5.32 Å². The summed E-state index contributed by atoms with van der Waals surface area (Å²) in [4.78, 5) is 12.6. The van der Waals surface area contributed by atoms with Gasteiger partial charge in [-0.25, -0.2) is 0 Å². The summed E-state index contributed by atoms with van der Waals surface area (Å²) in [5.41, 5.74) is 5.27. The van der Waals surface area contributed by atoms with Crippen LogP contribution in [0.1, 0.15) is 30.9 Å². The molecule has 32 heavy (non-hydrogen) atoms. The Bertz CT molecular complexity index is 1240. The van der Waals surface area contributed by atoms with Gasteiger partial charge in [-0.3, -0.25) is 4.79 Å². The van der Waals surface area contributed by atoms with Gasteiger partial charge in [-0.15, -0.1) is 0 Å². The van der Waals surface area contributed by atoms with Crippen LogP contribution in [-0.4, -0.2) is 10.5 Å². The second-order valence-corrected chi connectivity index (χ2v) is 7.66. The fourth-order valence-electron chi connectivity index (χ4n) is 3.99. The lowest BCUT2D eigenvalue weighted by molar-refractivity contribution is -0.116. The molecule has 1 aromatic heterocycles. The van der Waals surface area contributed by atoms with Crippen molar-refractivity contribution >= 4 is 11.7 Å². The number of aromatic nitrogens is 1. The van der Waals surface area contributed by atoms with E-state index < -0.39 is 0 Å². The number of nitrogens with one attached hydrogen (secondary N) is 1. The lowest BCUT2D eigenvalue weighted by Gasteiger charge is -2.15. The molecule has 0 spiro atoms. The zero-order chi connectivity index (χ0) is 22.3. The fraction of sp³-hybridized carbons (Fsp3) is 0.143. The Morgan fingerprint density at radius 3 is 2.00 bits per heavy atom. The highest BCUT2D eigenvalue weighted by Crippen LogP contribution is 2.42. The number of hydrogen-bond donors (Lipinski definition) is 1. The molecule has 3 aromatic carbocycles. The van der Waals surface area contributed by atoms with Crippen LogP contribution in [0.5, 0.6) is 0 Å². The predicted molar refractivity (Wildman–Crippen MR) is 129 cm³/mol. The minimum Gasteiger partial charge on any atom is -0.321 e. The minimum atomic E-state index is -0.0879. The van der Waals surface area contributed by atoms with Crippen LogP contribution in [0, 0.1) is 11.3 Å². The summed E-state index contributed by atoms with van der Waals surface area (Å²) in [6.07, 6.45) is 1.15. The Morgan fingerprint density at radius 1 is 0.875 bits per heavy atom. The average Bonchev–Trinajstić information content (AvgIpc) is 3.13. The first-order valence-corrected chi connectivity index (χ1v) is 10.8. The van der Waals surface area contributed by atoms with Gasteiger partial charge in [-0.1, -0.05) is 97.9 Å². The van der Waals surface area contributed by atoms with E-state index >= 15 is 0 Å². The number of carbonyl (C=O) groups excluding carboxylic acids is 1. The number of rotatable bonds is 7. The molecular weight excluding hydrogens is 394 g/mol. The molecule has 1 amide bonds. The highest BCUT2D eigenvalue weighted by atomic mass is 16.1. The zero-order valence-corrected chi connectivity index (χ0v) is 18.1. The highest BCUT2D eigenvalue weighted by Gasteiger charge is 2.26. The van der Waals surface area contributed by atoms with Gasteiger partial charge in [0.05, 0.1) is 5.69 Å². The number of amides is 1. The van der Waals surface area contributed by atoms with Crippen molar-refractivity contribution in [1.82, 2.24) is 4.57 Å². The molecule has 1 N–H and O–H groups in total. The van der Waals surface area contributed by atoms with Crippen molar-refractivity contribution in [3.8, 4) is 28.5 Å². The van der Waals surface area contributed by atoms with Gasteiger partial charge in [-0.2, -0.15) is 5.26 Å². The summed E-state index contributed by atoms with van der Waals surface area (Å²) in [6.45, 7) is 2.51. The molecule has 4 aromatic rings. The van der Waals surface area contributed by atoms with Crippen LogP contribution >= 0.6 is 0 Å². The summed E-state index contributed by atoms with van der Waals surface area (Å²) >= 11 is 0. The van der Waals surface area contributed by atoms with Crippen molar-refractivity contribution in [2.45, 2.75) is 26.3 Å². The van der Waals surface area contributed by atoms with Gasteiger partial charge in [-0.05, 0) is 23.1 Å². The maximum absolute atomic E-state index is 12.6. The van der Waals surface area contributed by atoms with Gasteiger partial charge >= 0.3 is 0 Å². The van der Waals surface area contributed by atoms with Gasteiger partial charge in [0.15, 0.2) is 0 Å². The van der Waals surface area contributed by atoms with E-state index in [4.69, 9.17) is 0 Å². The van der Waals surface area contributed by atoms with Gasteiger partial charge < -0.3 is 9.88 Å². The minimum absolute atomic E-state index is 0.0879. The van der Waals surface area contributed by atoms with Crippen LogP contribution in [0.4, 0.5) is 5.82 Å². The Labute approximate surface area is 188 Å². The smallest absolute Gasteiger partial charge is 0.225 e. The largest absolute Gasteiger partial charge is 0.321 e. The third kappa shape index (κ3) is 4.33. The van der Waals surface area contributed by atoms with Crippen molar-refractivity contribution in [3.05, 3.63) is 102 Å². The number of nitriles is 1. The average molecular weight is 420 g/mol. The highest BCUT2D eigenvalue weighted by molar-refractivity contribution is 5.97. The van der Waals surface area contributed by atoms with Crippen molar-refractivity contribution < 1.29 is 4.79 Å². The van der Waals surface area contributed by atoms with Crippen LogP contribution in [0.25, 0.3) is 22.4 Å². The van der Waals surface area contributed by atoms with Crippen molar-refractivity contribution in [3.63, 3.8) is 0 Å². The van der Waals surface area contributed by atoms with Crippen LogP contribution in [0.2, 0.25) is 0 Å². The van der Waals surface area contributed by atoms with E-state index in [0.717, 1.165) is 34.4 Å². The Balaban J connectivity index is 2.02. The van der Waals surface area contributed by atoms with Crippen molar-refractivity contribution in [2.24, 2.45) is 0 Å². The first-order chi connectivity index (χ1) is 15.7. The summed E-state index contributed by atoms with van der Waals surface area (Å²) in [5.74, 6) is 0.461. The summed E-state index contributed by atoms with van der Waals surface area (Å²) < 4.78 is 2.07. The normalized spacial score (nSPS) is 10.5. The monoisotopic (exact) mass is 419 g/mol. The van der Waals surface area contributed by atoms with Gasteiger partial charge in [0.2, 0.25) is 5.91 Å². The standard InChI is InChI=1S/C28H25N3O/c1-2-12-25(32)30-28-24(19-29)26(22-15-8-4-9-16-22)27(23-17-10-5-11-18-23)31(28)20-21-13-6-3-7-14-21/h3-11,13-18H,2,12,20H2,1H3,(H,30,32). The van der Waals surface area contributed by atoms with E-state index in [-0.39, 0.29) is 5.91 Å². The molecule has 0 aliphatic carbocycles. The number of benzene rings is 3. The maximum Gasteiger partial charge on any atom is 0.225 e. The van der Waals surface area contributed by atoms with E-state index in [1.807, 2.05) is 85.8 Å². The molecule has 4 nitrogen and oxygen atoms in total. The summed E-state index contributed by atoms with van der Waals surface area (Å²) in [7, 11) is 0. The quantitative estimate of drug-likeness (QED) is 0.373. The van der Waals surface area contributed by atoms with Gasteiger partial charge in [0.1, 0.15) is 17.5 Å². The maximum atomic E-state index is 12.6. The number of nitrogens with zero attached hydrogens (tertiary/aromatic N) is 2. The molecule has 0 aliphatic heterocycles. The fourth-order valence-corrected chi connectivity index (χ4v) is 3.99. The van der Waals surface area contributed by atoms with Gasteiger partial charge in [0, 0.05) is 18.5 Å². The molecule has 4 rings (SSSR count). The first kappa shape index (κ1) is 21.1. The van der Waals surface area contributed by atoms with Crippen molar-refractivity contribution in [1.29, 1.82) is 5.26 Å². The third-order valence-electron chi connectivity index (χ3n) is 5.40. The third-order valence-corrected chi connectivity index (χ3v) is 5.40. The number of anilines is 1. The SMILES string of the molecule is CCCC(=O)Nc1c(C#N)c(-c2ccccc2)c(-c2ccccc2)n1Cc1ccccc1. The van der Waals surface area contributed by atoms with Gasteiger partial charge in [0.25, 0.3) is 0 Å². The van der Waals surface area contributed by atoms with E-state index in [2.05, 4.69) is 28.1 Å². The summed E-state index contributed by atoms with van der Waals surface area (Å²) in [5, 5.41) is 13.3. The van der Waals surface area contributed by atoms with Crippen LogP contribution in [-0.2, 0) is 11.3 Å². The predicted octanol–water partition coefficient (Wildman–Crippen LogP) is 6.48. The zero-order valence-electron chi connectivity index (χ0n) is 18.1. The van der Waals surface area contributed by atoms with E-state index in [1.54, 1.807) is 0 Å². The number of hydrogen-bond acceptors (Lipinski definition) is 2. The lowest BCUT2D eigenvalue weighted by atomic mass is 9.98. The molecule has 0 radical (unpaired) electrons. The van der Waals surface area contributed by atoms with Crippen LogP contribution in [0.15, 0.2) is 91.0 Å². The van der Waals surface area contributed by atoms with E-state index in [0.29, 0.717) is 24.3 Å². The lowest BCUT2D eigenvalue weighted by Crippen LogP contribution is -2.16.